The number of allylic oxidation sites excluding steroid dienone is 2. The average molecular weight is 914 g/mol. The summed E-state index contributed by atoms with van der Waals surface area (Å²) >= 11 is 0. The first-order chi connectivity index (χ1) is 33.6. The van der Waals surface area contributed by atoms with Gasteiger partial charge in [-0.3, -0.25) is 4.99 Å². The highest BCUT2D eigenvalue weighted by atomic mass is 16.6. The number of hydrogen-bond donors (Lipinski definition) is 1. The Bertz CT molecular complexity index is 2960. The van der Waals surface area contributed by atoms with Crippen molar-refractivity contribution in [1.82, 2.24) is 0 Å². The van der Waals surface area contributed by atoms with Gasteiger partial charge in [0.25, 0.3) is 0 Å². The summed E-state index contributed by atoms with van der Waals surface area (Å²) in [6.45, 7) is 21.9. The zero-order valence-corrected chi connectivity index (χ0v) is 41.7. The topological polar surface area (TPSA) is 78.4 Å². The van der Waals surface area contributed by atoms with Crippen LogP contribution in [0, 0.1) is 0 Å². The van der Waals surface area contributed by atoms with Crippen LogP contribution in [0.3, 0.4) is 0 Å². The van der Waals surface area contributed by atoms with Crippen LogP contribution in [0.15, 0.2) is 181 Å². The lowest BCUT2D eigenvalue weighted by Gasteiger charge is -2.25. The van der Waals surface area contributed by atoms with Gasteiger partial charge >= 0.3 is 0 Å². The molecule has 7 aromatic carbocycles. The summed E-state index contributed by atoms with van der Waals surface area (Å²) in [5.41, 5.74) is 20.3. The lowest BCUT2D eigenvalue weighted by Crippen LogP contribution is -2.16. The number of benzene rings is 7. The van der Waals surface area contributed by atoms with Crippen LogP contribution in [0.2, 0.25) is 0 Å². The number of unbranched alkanes of at least 4 members (excludes halogenated alkanes) is 1. The summed E-state index contributed by atoms with van der Waals surface area (Å²) in [6.07, 6.45) is 9.51. The maximum atomic E-state index is 6.75. The molecule has 6 nitrogen and oxygen atoms in total. The van der Waals surface area contributed by atoms with Crippen LogP contribution < -0.4 is 19.9 Å². The molecule has 0 fully saturated rings. The second-order valence-electron chi connectivity index (χ2n) is 17.7. The number of para-hydroxylation sites is 1. The van der Waals surface area contributed by atoms with Gasteiger partial charge < -0.3 is 19.9 Å². The fourth-order valence-corrected chi connectivity index (χ4v) is 8.50. The van der Waals surface area contributed by atoms with Crippen molar-refractivity contribution < 1.29 is 14.2 Å². The highest BCUT2D eigenvalue weighted by Crippen LogP contribution is 2.58. The minimum atomic E-state index is -0.121. The highest BCUT2D eigenvalue weighted by molar-refractivity contribution is 6.11. The van der Waals surface area contributed by atoms with E-state index in [2.05, 4.69) is 139 Å². The third kappa shape index (κ3) is 11.0. The number of rotatable bonds is 7. The van der Waals surface area contributed by atoms with Gasteiger partial charge in [0.15, 0.2) is 28.8 Å². The minimum Gasteiger partial charge on any atom is -0.464 e. The Kier molecular flexibility index (Phi) is 16.5. The molecule has 0 spiro atoms. The lowest BCUT2D eigenvalue weighted by atomic mass is 9.82. The summed E-state index contributed by atoms with van der Waals surface area (Å²) < 4.78 is 19.3. The Morgan fingerprint density at radius 1 is 0.609 bits per heavy atom. The minimum absolute atomic E-state index is 0.121. The fraction of sp³-hybridized carbons (Fsp3) is 0.238. The molecule has 0 bridgehead atoms. The quantitative estimate of drug-likeness (QED) is 0.128. The van der Waals surface area contributed by atoms with Gasteiger partial charge in [-0.05, 0) is 81.6 Å². The molecule has 0 saturated heterocycles. The van der Waals surface area contributed by atoms with Gasteiger partial charge in [-0.1, -0.05) is 215 Å². The SMILES string of the molecule is C=C1CC/C=C\Oc2c1cccc2-c1ccc(C(N=C(N)c2ccc(-c3ccc4c(c3)Oc3ccc5c(c3O4)-c3ccccc3C5(C)C)cc2)=NCc2ccccc2)cc1.CC.CCC.CCCC. The molecule has 0 saturated carbocycles. The molecule has 10 rings (SSSR count). The van der Waals surface area contributed by atoms with E-state index in [1.807, 2.05) is 80.6 Å². The van der Waals surface area contributed by atoms with Gasteiger partial charge in [0, 0.05) is 33.2 Å². The van der Waals surface area contributed by atoms with Gasteiger partial charge in [0.2, 0.25) is 0 Å². The van der Waals surface area contributed by atoms with Crippen molar-refractivity contribution in [3.05, 3.63) is 204 Å². The maximum Gasteiger partial charge on any atom is 0.178 e. The zero-order valence-electron chi connectivity index (χ0n) is 41.7. The molecule has 2 N–H and O–H groups in total. The highest BCUT2D eigenvalue weighted by Gasteiger charge is 2.39. The van der Waals surface area contributed by atoms with Gasteiger partial charge in [-0.15, -0.1) is 0 Å². The second kappa shape index (κ2) is 23.0. The molecule has 2 heterocycles. The standard InChI is InChI=1S/C54H43N3O3.C4H10.C3H8.C2H6/c1-34-12-9-10-31-58-50-41(34)16-11-17-42(50)37-21-25-39(26-22-37)53(56-33-35-13-5-4-6-14-35)57-52(55)38-23-19-36(20-24-38)40-27-29-46-48(32-40)59-47-30-28-45-49(51(47)60-46)43-15-7-8-18-44(43)54(45,2)3;1-3-4-2;1-3-2;1-2/h4-8,10-11,13-32H,1,9,12,33H2,2-3H3,(H2,55,56,57);3-4H2,1-2H3;3H2,1-2H3;1-2H3/b31-10-;;;. The smallest absolute Gasteiger partial charge is 0.178 e. The van der Waals surface area contributed by atoms with E-state index in [-0.39, 0.29) is 5.41 Å². The molecule has 6 heteroatoms. The summed E-state index contributed by atoms with van der Waals surface area (Å²) in [4.78, 5) is 9.90. The molecular formula is C63H67N3O3. The van der Waals surface area contributed by atoms with Crippen molar-refractivity contribution in [2.45, 2.75) is 99.5 Å². The molecule has 0 radical (unpaired) electrons. The fourth-order valence-electron chi connectivity index (χ4n) is 8.50. The third-order valence-electron chi connectivity index (χ3n) is 12.3. The third-order valence-corrected chi connectivity index (χ3v) is 12.3. The largest absolute Gasteiger partial charge is 0.464 e. The van der Waals surface area contributed by atoms with E-state index in [4.69, 9.17) is 29.9 Å². The van der Waals surface area contributed by atoms with E-state index >= 15 is 0 Å². The Labute approximate surface area is 411 Å². The Morgan fingerprint density at radius 2 is 1.23 bits per heavy atom. The zero-order chi connectivity index (χ0) is 48.9. The van der Waals surface area contributed by atoms with E-state index in [9.17, 15) is 0 Å². The molecule has 0 atom stereocenters. The van der Waals surface area contributed by atoms with Crippen molar-refractivity contribution in [2.24, 2.45) is 15.7 Å². The first-order valence-electron chi connectivity index (χ1n) is 24.7. The number of nitrogens with zero attached hydrogens (tertiary/aromatic N) is 2. The molecule has 352 valence electrons. The predicted octanol–water partition coefficient (Wildman–Crippen LogP) is 17.5. The van der Waals surface area contributed by atoms with E-state index in [1.165, 1.54) is 36.0 Å². The number of amidine groups is 2. The average Bonchev–Trinajstić information content (AvgIpc) is 3.63. The van der Waals surface area contributed by atoms with Crippen molar-refractivity contribution in [3.63, 3.8) is 0 Å². The van der Waals surface area contributed by atoms with E-state index in [0.29, 0.717) is 35.5 Å². The molecule has 0 unspecified atom stereocenters. The van der Waals surface area contributed by atoms with E-state index in [1.54, 1.807) is 6.26 Å². The molecule has 3 aliphatic rings. The molecule has 0 amide bonds. The number of nitrogens with two attached hydrogens (primary N) is 1. The Hall–Kier alpha value is -7.44. The van der Waals surface area contributed by atoms with Crippen LogP contribution in [-0.4, -0.2) is 11.7 Å². The number of fused-ring (bicyclic) bond motifs is 7. The lowest BCUT2D eigenvalue weighted by molar-refractivity contribution is 0.360. The number of aliphatic imine (C=N–C) groups is 2. The monoisotopic (exact) mass is 914 g/mol. The predicted molar refractivity (Wildman–Crippen MR) is 291 cm³/mol. The van der Waals surface area contributed by atoms with Crippen molar-refractivity contribution in [3.8, 4) is 62.1 Å². The van der Waals surface area contributed by atoms with Crippen LogP contribution in [0.25, 0.3) is 39.0 Å². The van der Waals surface area contributed by atoms with Crippen LogP contribution in [0.5, 0.6) is 28.7 Å². The van der Waals surface area contributed by atoms with Crippen molar-refractivity contribution in [2.75, 3.05) is 0 Å². The van der Waals surface area contributed by atoms with Gasteiger partial charge in [0.1, 0.15) is 11.6 Å². The summed E-state index contributed by atoms with van der Waals surface area (Å²) in [5.74, 6) is 4.59. The Morgan fingerprint density at radius 3 is 1.96 bits per heavy atom. The van der Waals surface area contributed by atoms with Crippen molar-refractivity contribution >= 4 is 17.2 Å². The van der Waals surface area contributed by atoms with Crippen molar-refractivity contribution in [1.29, 1.82) is 0 Å². The summed E-state index contributed by atoms with van der Waals surface area (Å²) in [7, 11) is 0. The number of hydrogen-bond acceptors (Lipinski definition) is 4. The molecule has 2 aliphatic heterocycles. The van der Waals surface area contributed by atoms with Gasteiger partial charge in [-0.25, -0.2) is 4.99 Å². The van der Waals surface area contributed by atoms with Crippen LogP contribution >= 0.6 is 0 Å². The second-order valence-corrected chi connectivity index (χ2v) is 17.7. The summed E-state index contributed by atoms with van der Waals surface area (Å²) in [6, 6.07) is 51.5. The maximum absolute atomic E-state index is 6.75. The molecule has 69 heavy (non-hydrogen) atoms. The van der Waals surface area contributed by atoms with Crippen LogP contribution in [0.4, 0.5) is 0 Å². The first kappa shape index (κ1) is 49.5. The molecule has 0 aromatic heterocycles. The van der Waals surface area contributed by atoms with Gasteiger partial charge in [0.05, 0.1) is 12.8 Å². The van der Waals surface area contributed by atoms with Crippen LogP contribution in [0.1, 0.15) is 121 Å². The first-order valence-corrected chi connectivity index (χ1v) is 24.7. The normalized spacial score (nSPS) is 14.2. The van der Waals surface area contributed by atoms with Crippen LogP contribution in [-0.2, 0) is 12.0 Å². The summed E-state index contributed by atoms with van der Waals surface area (Å²) in [5, 5.41) is 0. The van der Waals surface area contributed by atoms with E-state index < -0.39 is 0 Å². The van der Waals surface area contributed by atoms with Gasteiger partial charge in [-0.2, -0.15) is 0 Å². The number of ether oxygens (including phenoxy) is 3. The molecular weight excluding hydrogens is 847 g/mol. The van der Waals surface area contributed by atoms with E-state index in [0.717, 1.165) is 80.0 Å². The molecule has 7 aromatic rings. The Balaban J connectivity index is 0.000000727. The molecule has 1 aliphatic carbocycles.